The second-order valence-corrected chi connectivity index (χ2v) is 6.50. The van der Waals surface area contributed by atoms with E-state index in [2.05, 4.69) is 24.8 Å². The van der Waals surface area contributed by atoms with E-state index in [1.807, 2.05) is 13.8 Å². The first kappa shape index (κ1) is 15.8. The van der Waals surface area contributed by atoms with Gasteiger partial charge in [0.1, 0.15) is 0 Å². The number of hydrogen-bond donors (Lipinski definition) is 1. The molecule has 1 aliphatic rings. The topological polar surface area (TPSA) is 47.3 Å². The Morgan fingerprint density at radius 3 is 2.28 bits per heavy atom. The summed E-state index contributed by atoms with van der Waals surface area (Å²) >= 11 is 6.30. The molecule has 4 atom stereocenters. The molecule has 1 fully saturated rings. The second kappa shape index (κ2) is 6.75. The molecule has 0 aromatic heterocycles. The summed E-state index contributed by atoms with van der Waals surface area (Å²) in [5.41, 5.74) is 0. The predicted molar refractivity (Wildman–Crippen MR) is 74.4 cm³/mol. The minimum absolute atomic E-state index is 0.0898. The van der Waals surface area contributed by atoms with Gasteiger partial charge in [0.15, 0.2) is 0 Å². The van der Waals surface area contributed by atoms with E-state index in [1.165, 1.54) is 0 Å². The van der Waals surface area contributed by atoms with Gasteiger partial charge in [-0.05, 0) is 26.2 Å². The fraction of sp³-hybridized carbons (Fsp3) is 0.929. The number of rotatable bonds is 6. The molecule has 18 heavy (non-hydrogen) atoms. The van der Waals surface area contributed by atoms with Crippen molar-refractivity contribution in [2.24, 2.45) is 17.8 Å². The Balaban J connectivity index is 2.50. The highest BCUT2D eigenvalue weighted by Crippen LogP contribution is 2.30. The zero-order valence-electron chi connectivity index (χ0n) is 11.8. The molecule has 104 valence electrons. The Morgan fingerprint density at radius 2 is 1.89 bits per heavy atom. The molecule has 1 heterocycles. The van der Waals surface area contributed by atoms with Gasteiger partial charge in [-0.15, -0.1) is 11.6 Å². The lowest BCUT2D eigenvalue weighted by molar-refractivity contribution is -0.0326. The number of aliphatic hydroxyl groups is 1. The quantitative estimate of drug-likeness (QED) is 0.756. The normalized spacial score (nSPS) is 24.1. The molecule has 1 saturated heterocycles. The smallest absolute Gasteiger partial charge is 0.0668 e. The molecule has 3 nitrogen and oxygen atoms in total. The molecule has 0 saturated carbocycles. The van der Waals surface area contributed by atoms with Crippen LogP contribution in [-0.4, -0.2) is 40.6 Å². The molecule has 0 aliphatic carbocycles. The van der Waals surface area contributed by atoms with Gasteiger partial charge in [-0.25, -0.2) is 0 Å². The summed E-state index contributed by atoms with van der Waals surface area (Å²) in [7, 11) is 0. The Morgan fingerprint density at radius 1 is 1.33 bits per heavy atom. The van der Waals surface area contributed by atoms with Crippen LogP contribution in [0.1, 0.15) is 34.1 Å². The van der Waals surface area contributed by atoms with Crippen molar-refractivity contribution < 1.29 is 5.11 Å². The van der Waals surface area contributed by atoms with Crippen molar-refractivity contribution in [2.45, 2.75) is 51.6 Å². The van der Waals surface area contributed by atoms with E-state index in [0.29, 0.717) is 17.9 Å². The van der Waals surface area contributed by atoms with E-state index in [9.17, 15) is 5.11 Å². The van der Waals surface area contributed by atoms with Gasteiger partial charge in [-0.1, -0.05) is 13.8 Å². The summed E-state index contributed by atoms with van der Waals surface area (Å²) < 4.78 is 0. The lowest BCUT2D eigenvalue weighted by Crippen LogP contribution is -2.57. The SMILES string of the molecule is CC(O)C1CN([C@H](CC(Cl)[C@@H](C)C#N)C(C)C)C1. The maximum Gasteiger partial charge on any atom is 0.0668 e. The Kier molecular flexibility index (Phi) is 5.91. The average Bonchev–Trinajstić information content (AvgIpc) is 2.23. The minimum atomic E-state index is -0.223. The number of nitrogens with zero attached hydrogens (tertiary/aromatic N) is 2. The average molecular weight is 273 g/mol. The lowest BCUT2D eigenvalue weighted by atomic mass is 9.86. The number of hydrogen-bond acceptors (Lipinski definition) is 3. The molecule has 1 rings (SSSR count). The Labute approximate surface area is 116 Å². The first-order valence-corrected chi connectivity index (χ1v) is 7.26. The van der Waals surface area contributed by atoms with Crippen LogP contribution in [0.15, 0.2) is 0 Å². The summed E-state index contributed by atoms with van der Waals surface area (Å²) in [6.07, 6.45) is 0.624. The number of alkyl halides is 1. The first-order valence-electron chi connectivity index (χ1n) is 6.82. The molecule has 0 radical (unpaired) electrons. The van der Waals surface area contributed by atoms with Gasteiger partial charge >= 0.3 is 0 Å². The lowest BCUT2D eigenvalue weighted by Gasteiger charge is -2.47. The first-order chi connectivity index (χ1) is 8.36. The van der Waals surface area contributed by atoms with Crippen LogP contribution in [0, 0.1) is 29.1 Å². The molecule has 0 aromatic carbocycles. The molecule has 1 aliphatic heterocycles. The highest BCUT2D eigenvalue weighted by Gasteiger charge is 2.37. The Hall–Kier alpha value is -0.300. The highest BCUT2D eigenvalue weighted by atomic mass is 35.5. The third kappa shape index (κ3) is 3.85. The van der Waals surface area contributed by atoms with Crippen LogP contribution in [0.3, 0.4) is 0 Å². The summed E-state index contributed by atoms with van der Waals surface area (Å²) in [6, 6.07) is 2.64. The van der Waals surface area contributed by atoms with Crippen LogP contribution in [0.2, 0.25) is 0 Å². The Bertz CT molecular complexity index is 295. The molecule has 4 heteroatoms. The maximum absolute atomic E-state index is 9.52. The van der Waals surface area contributed by atoms with E-state index < -0.39 is 0 Å². The molecule has 0 aromatic rings. The fourth-order valence-electron chi connectivity index (χ4n) is 2.48. The van der Waals surface area contributed by atoms with Crippen LogP contribution in [0.5, 0.6) is 0 Å². The van der Waals surface area contributed by atoms with Crippen LogP contribution in [-0.2, 0) is 0 Å². The third-order valence-corrected chi connectivity index (χ3v) is 4.63. The van der Waals surface area contributed by atoms with E-state index >= 15 is 0 Å². The van der Waals surface area contributed by atoms with Gasteiger partial charge in [0.2, 0.25) is 0 Å². The van der Waals surface area contributed by atoms with Crippen molar-refractivity contribution in [3.8, 4) is 6.07 Å². The van der Waals surface area contributed by atoms with Crippen LogP contribution >= 0.6 is 11.6 Å². The third-order valence-electron chi connectivity index (χ3n) is 4.07. The molecular weight excluding hydrogens is 248 g/mol. The van der Waals surface area contributed by atoms with Gasteiger partial charge in [0.05, 0.1) is 23.5 Å². The van der Waals surface area contributed by atoms with Gasteiger partial charge in [0.25, 0.3) is 0 Å². The van der Waals surface area contributed by atoms with Crippen molar-refractivity contribution in [1.29, 1.82) is 5.26 Å². The number of nitriles is 1. The maximum atomic E-state index is 9.52. The summed E-state index contributed by atoms with van der Waals surface area (Å²) in [5, 5.41) is 18.3. The van der Waals surface area contributed by atoms with Crippen molar-refractivity contribution in [2.75, 3.05) is 13.1 Å². The largest absolute Gasteiger partial charge is 0.393 e. The molecule has 2 unspecified atom stereocenters. The van der Waals surface area contributed by atoms with Crippen molar-refractivity contribution in [3.05, 3.63) is 0 Å². The summed E-state index contributed by atoms with van der Waals surface area (Å²) in [4.78, 5) is 2.39. The van der Waals surface area contributed by atoms with Gasteiger partial charge in [0, 0.05) is 25.0 Å². The van der Waals surface area contributed by atoms with Crippen LogP contribution in [0.25, 0.3) is 0 Å². The van der Waals surface area contributed by atoms with E-state index in [0.717, 1.165) is 19.5 Å². The predicted octanol–water partition coefficient (Wildman–Crippen LogP) is 2.48. The van der Waals surface area contributed by atoms with E-state index in [-0.39, 0.29) is 17.4 Å². The number of aliphatic hydroxyl groups excluding tert-OH is 1. The zero-order valence-corrected chi connectivity index (χ0v) is 12.6. The van der Waals surface area contributed by atoms with Crippen molar-refractivity contribution in [3.63, 3.8) is 0 Å². The minimum Gasteiger partial charge on any atom is -0.393 e. The second-order valence-electron chi connectivity index (χ2n) is 5.94. The highest BCUT2D eigenvalue weighted by molar-refractivity contribution is 6.21. The summed E-state index contributed by atoms with van der Waals surface area (Å²) in [5.74, 6) is 0.808. The molecule has 1 N–H and O–H groups in total. The fourth-order valence-corrected chi connectivity index (χ4v) is 2.72. The van der Waals surface area contributed by atoms with Crippen LogP contribution in [0.4, 0.5) is 0 Å². The number of halogens is 1. The molecule has 0 bridgehead atoms. The van der Waals surface area contributed by atoms with Gasteiger partial charge in [-0.2, -0.15) is 5.26 Å². The van der Waals surface area contributed by atoms with E-state index in [1.54, 1.807) is 0 Å². The molecular formula is C14H25ClN2O. The van der Waals surface area contributed by atoms with Gasteiger partial charge < -0.3 is 5.11 Å². The van der Waals surface area contributed by atoms with Crippen LogP contribution < -0.4 is 0 Å². The standard InChI is InChI=1S/C14H25ClN2O/c1-9(2)14(5-13(15)10(3)6-16)17-7-12(8-17)11(4)18/h9-14,18H,5,7-8H2,1-4H3/t10-,11?,13?,14+/m0/s1. The zero-order chi connectivity index (χ0) is 13.9. The summed E-state index contributed by atoms with van der Waals surface area (Å²) in [6.45, 7) is 10.0. The van der Waals surface area contributed by atoms with Crippen molar-refractivity contribution in [1.82, 2.24) is 4.90 Å². The molecule has 0 spiro atoms. The van der Waals surface area contributed by atoms with Crippen molar-refractivity contribution >= 4 is 11.6 Å². The monoisotopic (exact) mass is 272 g/mol. The van der Waals surface area contributed by atoms with Gasteiger partial charge in [-0.3, -0.25) is 4.90 Å². The number of likely N-dealkylation sites (tertiary alicyclic amines) is 1. The van der Waals surface area contributed by atoms with E-state index in [4.69, 9.17) is 16.9 Å². The molecule has 0 amide bonds.